The van der Waals surface area contributed by atoms with Crippen LogP contribution in [0.1, 0.15) is 6.42 Å². The number of phosphoric acid groups is 1. The number of nitrogens with zero attached hydrogens (tertiary/aromatic N) is 1. The molecule has 1 aliphatic heterocycles. The summed E-state index contributed by atoms with van der Waals surface area (Å²) in [6, 6.07) is -0.421. The molecule has 1 rings (SSSR count). The van der Waals surface area contributed by atoms with E-state index in [1.54, 1.807) is 0 Å². The van der Waals surface area contributed by atoms with Gasteiger partial charge in [-0.3, -0.25) is 9.32 Å². The molecule has 8 nitrogen and oxygen atoms in total. The predicted octanol–water partition coefficient (Wildman–Crippen LogP) is -1.72. The number of hydrogen-bond acceptors (Lipinski definition) is 5. The lowest BCUT2D eigenvalue weighted by Gasteiger charge is -2.35. The molecule has 1 heterocycles. The Balaban J connectivity index is 2.53. The standard InChI is InChI=1S/C8H17N2O6P/c11-3-1-2-10-7(4-9-5-8(10)12)6-16-17(13,14)15/h7,9,11H,1-6H2,(H2,13,14,15). The zero-order valence-electron chi connectivity index (χ0n) is 9.28. The van der Waals surface area contributed by atoms with Gasteiger partial charge in [-0.25, -0.2) is 4.57 Å². The van der Waals surface area contributed by atoms with Crippen molar-refractivity contribution in [1.82, 2.24) is 10.2 Å². The summed E-state index contributed by atoms with van der Waals surface area (Å²) in [7, 11) is -4.52. The highest BCUT2D eigenvalue weighted by atomic mass is 31.2. The molecule has 0 spiro atoms. The fourth-order valence-electron chi connectivity index (χ4n) is 1.64. The van der Waals surface area contributed by atoms with Crippen molar-refractivity contribution in [2.24, 2.45) is 0 Å². The van der Waals surface area contributed by atoms with E-state index >= 15 is 0 Å². The van der Waals surface area contributed by atoms with Gasteiger partial charge in [-0.1, -0.05) is 0 Å². The van der Waals surface area contributed by atoms with Crippen molar-refractivity contribution in [2.75, 3.05) is 32.8 Å². The van der Waals surface area contributed by atoms with Crippen LogP contribution in [0.5, 0.6) is 0 Å². The van der Waals surface area contributed by atoms with E-state index in [1.807, 2.05) is 0 Å². The highest BCUT2D eigenvalue weighted by Gasteiger charge is 2.29. The van der Waals surface area contributed by atoms with E-state index in [0.717, 1.165) is 0 Å². The fourth-order valence-corrected chi connectivity index (χ4v) is 2.01. The molecule has 0 bridgehead atoms. The van der Waals surface area contributed by atoms with Crippen LogP contribution in [0.3, 0.4) is 0 Å². The molecule has 17 heavy (non-hydrogen) atoms. The van der Waals surface area contributed by atoms with Crippen molar-refractivity contribution in [1.29, 1.82) is 0 Å². The number of amides is 1. The van der Waals surface area contributed by atoms with Crippen molar-refractivity contribution in [3.63, 3.8) is 0 Å². The minimum atomic E-state index is -4.52. The normalized spacial score (nSPS) is 21.9. The number of aliphatic hydroxyl groups is 1. The van der Waals surface area contributed by atoms with E-state index in [9.17, 15) is 9.36 Å². The molecule has 1 aliphatic rings. The van der Waals surface area contributed by atoms with Crippen molar-refractivity contribution in [2.45, 2.75) is 12.5 Å². The number of carbonyl (C=O) groups is 1. The van der Waals surface area contributed by atoms with E-state index in [4.69, 9.17) is 14.9 Å². The highest BCUT2D eigenvalue weighted by Crippen LogP contribution is 2.36. The third-order valence-electron chi connectivity index (χ3n) is 2.41. The average Bonchev–Trinajstić information content (AvgIpc) is 2.24. The molecule has 0 aliphatic carbocycles. The average molecular weight is 268 g/mol. The van der Waals surface area contributed by atoms with Gasteiger partial charge in [-0.15, -0.1) is 0 Å². The number of rotatable bonds is 6. The van der Waals surface area contributed by atoms with Gasteiger partial charge in [0, 0.05) is 19.7 Å². The maximum absolute atomic E-state index is 11.6. The largest absolute Gasteiger partial charge is 0.469 e. The van der Waals surface area contributed by atoms with Crippen LogP contribution in [-0.2, 0) is 13.9 Å². The zero-order chi connectivity index (χ0) is 12.9. The first-order valence-corrected chi connectivity index (χ1v) is 6.78. The molecule has 0 radical (unpaired) electrons. The first-order chi connectivity index (χ1) is 7.94. The van der Waals surface area contributed by atoms with E-state index < -0.39 is 13.9 Å². The van der Waals surface area contributed by atoms with Gasteiger partial charge < -0.3 is 25.1 Å². The summed E-state index contributed by atoms with van der Waals surface area (Å²) in [5.74, 6) is -0.163. The smallest absolute Gasteiger partial charge is 0.396 e. The van der Waals surface area contributed by atoms with E-state index in [0.29, 0.717) is 19.5 Å². The molecule has 1 amide bonds. The van der Waals surface area contributed by atoms with Crippen molar-refractivity contribution >= 4 is 13.7 Å². The first-order valence-electron chi connectivity index (χ1n) is 5.25. The maximum atomic E-state index is 11.6. The SMILES string of the molecule is O=C1CNCC(COP(=O)(O)O)N1CCCO. The van der Waals surface area contributed by atoms with Gasteiger partial charge in [-0.05, 0) is 6.42 Å². The van der Waals surface area contributed by atoms with E-state index in [1.165, 1.54) is 4.90 Å². The minimum absolute atomic E-state index is 0.0384. The molecule has 1 fully saturated rings. The molecular weight excluding hydrogens is 251 g/mol. The maximum Gasteiger partial charge on any atom is 0.469 e. The van der Waals surface area contributed by atoms with Gasteiger partial charge >= 0.3 is 7.82 Å². The Morgan fingerprint density at radius 3 is 2.82 bits per heavy atom. The lowest BCUT2D eigenvalue weighted by Crippen LogP contribution is -2.56. The van der Waals surface area contributed by atoms with Crippen LogP contribution in [0.4, 0.5) is 0 Å². The summed E-state index contributed by atoms with van der Waals surface area (Å²) in [5, 5.41) is 11.6. The summed E-state index contributed by atoms with van der Waals surface area (Å²) in [5.41, 5.74) is 0. The van der Waals surface area contributed by atoms with Crippen LogP contribution in [0.15, 0.2) is 0 Å². The summed E-state index contributed by atoms with van der Waals surface area (Å²) < 4.78 is 15.0. The molecular formula is C8H17N2O6P. The first kappa shape index (κ1) is 14.6. The second-order valence-corrected chi connectivity index (χ2v) is 4.97. The van der Waals surface area contributed by atoms with Gasteiger partial charge in [0.1, 0.15) is 0 Å². The number of phosphoric ester groups is 1. The Bertz CT molecular complexity index is 306. The molecule has 1 saturated heterocycles. The third-order valence-corrected chi connectivity index (χ3v) is 2.89. The minimum Gasteiger partial charge on any atom is -0.396 e. The summed E-state index contributed by atoms with van der Waals surface area (Å²) in [6.45, 7) is 0.693. The van der Waals surface area contributed by atoms with Gasteiger partial charge in [-0.2, -0.15) is 0 Å². The van der Waals surface area contributed by atoms with Crippen LogP contribution in [-0.4, -0.2) is 64.6 Å². The Morgan fingerprint density at radius 2 is 2.24 bits per heavy atom. The lowest BCUT2D eigenvalue weighted by molar-refractivity contribution is -0.136. The molecule has 1 unspecified atom stereocenters. The Morgan fingerprint density at radius 1 is 1.53 bits per heavy atom. The van der Waals surface area contributed by atoms with Crippen LogP contribution in [0.2, 0.25) is 0 Å². The number of carbonyl (C=O) groups excluding carboxylic acids is 1. The Kier molecular flexibility index (Phi) is 5.51. The van der Waals surface area contributed by atoms with E-state index in [2.05, 4.69) is 9.84 Å². The topological polar surface area (TPSA) is 119 Å². The molecule has 0 saturated carbocycles. The van der Waals surface area contributed by atoms with Crippen molar-refractivity contribution in [3.8, 4) is 0 Å². The van der Waals surface area contributed by atoms with Crippen LogP contribution in [0.25, 0.3) is 0 Å². The van der Waals surface area contributed by atoms with Crippen LogP contribution >= 0.6 is 7.82 Å². The predicted molar refractivity (Wildman–Crippen MR) is 58.1 cm³/mol. The Hall–Kier alpha value is -0.500. The fraction of sp³-hybridized carbons (Fsp3) is 0.875. The van der Waals surface area contributed by atoms with Gasteiger partial charge in [0.2, 0.25) is 5.91 Å². The van der Waals surface area contributed by atoms with Gasteiger partial charge in [0.25, 0.3) is 0 Å². The van der Waals surface area contributed by atoms with Gasteiger partial charge in [0.15, 0.2) is 0 Å². The summed E-state index contributed by atoms with van der Waals surface area (Å²) in [4.78, 5) is 30.2. The molecule has 0 aromatic heterocycles. The second-order valence-electron chi connectivity index (χ2n) is 3.74. The number of hydrogen-bond donors (Lipinski definition) is 4. The van der Waals surface area contributed by atoms with E-state index in [-0.39, 0.29) is 25.7 Å². The van der Waals surface area contributed by atoms with Crippen LogP contribution in [0, 0.1) is 0 Å². The molecule has 0 aromatic rings. The lowest BCUT2D eigenvalue weighted by atomic mass is 10.2. The number of nitrogens with one attached hydrogen (secondary N) is 1. The summed E-state index contributed by atoms with van der Waals surface area (Å²) in [6.07, 6.45) is 0.429. The van der Waals surface area contributed by atoms with Crippen LogP contribution < -0.4 is 5.32 Å². The quantitative estimate of drug-likeness (QED) is 0.423. The highest BCUT2D eigenvalue weighted by molar-refractivity contribution is 7.46. The number of aliphatic hydroxyl groups excluding tert-OH is 1. The van der Waals surface area contributed by atoms with Crippen molar-refractivity contribution < 1.29 is 28.8 Å². The van der Waals surface area contributed by atoms with Gasteiger partial charge in [0.05, 0.1) is 19.2 Å². The third kappa shape index (κ3) is 5.12. The molecule has 0 aromatic carbocycles. The zero-order valence-corrected chi connectivity index (χ0v) is 10.2. The second kappa shape index (κ2) is 6.44. The number of piperazine rings is 1. The summed E-state index contributed by atoms with van der Waals surface area (Å²) >= 11 is 0. The molecule has 1 atom stereocenters. The van der Waals surface area contributed by atoms with Crippen molar-refractivity contribution in [3.05, 3.63) is 0 Å². The Labute approximate surface area is 98.8 Å². The monoisotopic (exact) mass is 268 g/mol. The molecule has 4 N–H and O–H groups in total. The molecule has 9 heteroatoms. The molecule has 100 valence electrons.